The van der Waals surface area contributed by atoms with E-state index in [4.69, 9.17) is 9.47 Å². The Hall–Kier alpha value is -1.18. The average molecular weight is 325 g/mol. The normalized spacial score (nSPS) is 20.0. The minimum Gasteiger partial charge on any atom is -0.454 e. The number of nitrogens with zero attached hydrogens (tertiary/aromatic N) is 1. The molecule has 1 fully saturated rings. The smallest absolute Gasteiger partial charge is 0.408 e. The Labute approximate surface area is 126 Å². The molecular formula is C13H16ClF3N2O2. The second-order valence-electron chi connectivity index (χ2n) is 4.84. The van der Waals surface area contributed by atoms with E-state index < -0.39 is 12.2 Å². The number of halogens is 4. The summed E-state index contributed by atoms with van der Waals surface area (Å²) in [6.45, 7) is 1.94. The molecular weight excluding hydrogens is 309 g/mol. The first-order chi connectivity index (χ1) is 9.55. The van der Waals surface area contributed by atoms with Gasteiger partial charge in [-0.1, -0.05) is 6.07 Å². The highest BCUT2D eigenvalue weighted by Gasteiger charge is 2.45. The molecule has 118 valence electrons. The molecule has 0 unspecified atom stereocenters. The van der Waals surface area contributed by atoms with Crippen LogP contribution in [-0.2, 0) is 0 Å². The Morgan fingerprint density at radius 2 is 1.76 bits per heavy atom. The van der Waals surface area contributed by atoms with Crippen LogP contribution in [-0.4, -0.2) is 44.0 Å². The first kappa shape index (κ1) is 16.2. The second kappa shape index (κ2) is 6.29. The monoisotopic (exact) mass is 324 g/mol. The largest absolute Gasteiger partial charge is 0.454 e. The SMILES string of the molecule is Cl.FC(F)(F)[C@@H](c1ccc2c(c1)OCO2)N1CCNCC1. The zero-order chi connectivity index (χ0) is 14.2. The Bertz CT molecular complexity index is 493. The zero-order valence-electron chi connectivity index (χ0n) is 11.2. The van der Waals surface area contributed by atoms with Gasteiger partial charge in [-0.2, -0.15) is 13.2 Å². The number of benzene rings is 1. The van der Waals surface area contributed by atoms with Gasteiger partial charge in [-0.25, -0.2) is 0 Å². The molecule has 0 radical (unpaired) electrons. The van der Waals surface area contributed by atoms with Crippen LogP contribution in [0, 0.1) is 0 Å². The zero-order valence-corrected chi connectivity index (χ0v) is 12.0. The van der Waals surface area contributed by atoms with Crippen molar-refractivity contribution in [3.8, 4) is 11.5 Å². The molecule has 8 heteroatoms. The lowest BCUT2D eigenvalue weighted by Crippen LogP contribution is -2.49. The van der Waals surface area contributed by atoms with Crippen molar-refractivity contribution >= 4 is 12.4 Å². The predicted octanol–water partition coefficient (Wildman–Crippen LogP) is 2.35. The molecule has 2 aliphatic rings. The van der Waals surface area contributed by atoms with E-state index in [1.165, 1.54) is 17.0 Å². The van der Waals surface area contributed by atoms with Crippen LogP contribution >= 0.6 is 12.4 Å². The molecule has 0 bridgehead atoms. The second-order valence-corrected chi connectivity index (χ2v) is 4.84. The molecule has 0 spiro atoms. The summed E-state index contributed by atoms with van der Waals surface area (Å²) in [7, 11) is 0. The molecule has 4 nitrogen and oxygen atoms in total. The van der Waals surface area contributed by atoms with Crippen LogP contribution in [0.5, 0.6) is 11.5 Å². The van der Waals surface area contributed by atoms with Crippen LogP contribution < -0.4 is 14.8 Å². The molecule has 1 atom stereocenters. The third kappa shape index (κ3) is 3.36. The van der Waals surface area contributed by atoms with Crippen molar-refractivity contribution in [1.82, 2.24) is 10.2 Å². The molecule has 0 saturated carbocycles. The minimum atomic E-state index is -4.31. The van der Waals surface area contributed by atoms with Crippen molar-refractivity contribution in [3.63, 3.8) is 0 Å². The van der Waals surface area contributed by atoms with E-state index in [2.05, 4.69) is 5.32 Å². The fourth-order valence-corrected chi connectivity index (χ4v) is 2.63. The third-order valence-corrected chi connectivity index (χ3v) is 3.54. The highest BCUT2D eigenvalue weighted by molar-refractivity contribution is 5.85. The van der Waals surface area contributed by atoms with Gasteiger partial charge in [0.1, 0.15) is 6.04 Å². The standard InChI is InChI=1S/C13H15F3N2O2.ClH/c14-13(15,16)12(18-5-3-17-4-6-18)9-1-2-10-11(7-9)20-8-19-10;/h1-2,7,12,17H,3-6,8H2;1H/t12-;/m1./s1. The van der Waals surface area contributed by atoms with E-state index in [-0.39, 0.29) is 24.8 Å². The topological polar surface area (TPSA) is 33.7 Å². The summed E-state index contributed by atoms with van der Waals surface area (Å²) in [4.78, 5) is 1.45. The van der Waals surface area contributed by atoms with Crippen molar-refractivity contribution in [2.45, 2.75) is 12.2 Å². The van der Waals surface area contributed by atoms with Crippen molar-refractivity contribution in [1.29, 1.82) is 0 Å². The average Bonchev–Trinajstić information content (AvgIpc) is 2.86. The lowest BCUT2D eigenvalue weighted by atomic mass is 10.0. The van der Waals surface area contributed by atoms with Gasteiger partial charge in [-0.05, 0) is 17.7 Å². The quantitative estimate of drug-likeness (QED) is 0.905. The summed E-state index contributed by atoms with van der Waals surface area (Å²) < 4.78 is 50.5. The fraction of sp³-hybridized carbons (Fsp3) is 0.538. The Morgan fingerprint density at radius 3 is 2.43 bits per heavy atom. The van der Waals surface area contributed by atoms with Gasteiger partial charge in [0.05, 0.1) is 0 Å². The molecule has 1 aromatic rings. The van der Waals surface area contributed by atoms with E-state index in [0.717, 1.165) is 0 Å². The molecule has 2 heterocycles. The van der Waals surface area contributed by atoms with Gasteiger partial charge in [-0.3, -0.25) is 4.90 Å². The molecule has 0 aromatic heterocycles. The van der Waals surface area contributed by atoms with E-state index in [1.54, 1.807) is 6.07 Å². The van der Waals surface area contributed by atoms with Gasteiger partial charge in [0.15, 0.2) is 11.5 Å². The number of nitrogens with one attached hydrogen (secondary N) is 1. The van der Waals surface area contributed by atoms with E-state index in [9.17, 15) is 13.2 Å². The Morgan fingerprint density at radius 1 is 1.10 bits per heavy atom. The van der Waals surface area contributed by atoms with Crippen molar-refractivity contribution in [3.05, 3.63) is 23.8 Å². The molecule has 1 N–H and O–H groups in total. The molecule has 1 aromatic carbocycles. The Kier molecular flexibility index (Phi) is 4.85. The third-order valence-electron chi connectivity index (χ3n) is 3.54. The van der Waals surface area contributed by atoms with Crippen LogP contribution in [0.15, 0.2) is 18.2 Å². The van der Waals surface area contributed by atoms with Gasteiger partial charge in [-0.15, -0.1) is 12.4 Å². The van der Waals surface area contributed by atoms with Crippen LogP contribution in [0.2, 0.25) is 0 Å². The fourth-order valence-electron chi connectivity index (χ4n) is 2.63. The van der Waals surface area contributed by atoms with Gasteiger partial charge in [0.2, 0.25) is 6.79 Å². The van der Waals surface area contributed by atoms with Crippen LogP contribution in [0.4, 0.5) is 13.2 Å². The lowest BCUT2D eigenvalue weighted by Gasteiger charge is -2.36. The van der Waals surface area contributed by atoms with Crippen molar-refractivity contribution in [2.24, 2.45) is 0 Å². The molecule has 0 amide bonds. The summed E-state index contributed by atoms with van der Waals surface area (Å²) >= 11 is 0. The predicted molar refractivity (Wildman–Crippen MR) is 73.1 cm³/mol. The maximum atomic E-state index is 13.4. The summed E-state index contributed by atoms with van der Waals surface area (Å²) in [5, 5.41) is 3.06. The summed E-state index contributed by atoms with van der Waals surface area (Å²) in [5.41, 5.74) is 0.198. The van der Waals surface area contributed by atoms with E-state index in [1.807, 2.05) is 0 Å². The molecule has 21 heavy (non-hydrogen) atoms. The van der Waals surface area contributed by atoms with Crippen molar-refractivity contribution < 1.29 is 22.6 Å². The first-order valence-corrected chi connectivity index (χ1v) is 6.47. The Balaban J connectivity index is 0.00000161. The van der Waals surface area contributed by atoms with Crippen molar-refractivity contribution in [2.75, 3.05) is 33.0 Å². The number of rotatable bonds is 2. The van der Waals surface area contributed by atoms with E-state index >= 15 is 0 Å². The summed E-state index contributed by atoms with van der Waals surface area (Å²) in [5.74, 6) is 0.877. The first-order valence-electron chi connectivity index (χ1n) is 6.47. The highest BCUT2D eigenvalue weighted by Crippen LogP contribution is 2.41. The molecule has 0 aliphatic carbocycles. The molecule has 2 aliphatic heterocycles. The number of piperazine rings is 1. The van der Waals surface area contributed by atoms with Gasteiger partial charge in [0.25, 0.3) is 0 Å². The van der Waals surface area contributed by atoms with E-state index in [0.29, 0.717) is 37.7 Å². The number of fused-ring (bicyclic) bond motifs is 1. The van der Waals surface area contributed by atoms with Crippen LogP contribution in [0.3, 0.4) is 0 Å². The number of hydrogen-bond donors (Lipinski definition) is 1. The maximum Gasteiger partial charge on any atom is 0.408 e. The lowest BCUT2D eigenvalue weighted by molar-refractivity contribution is -0.187. The molecule has 1 saturated heterocycles. The number of hydrogen-bond acceptors (Lipinski definition) is 4. The van der Waals surface area contributed by atoms with Gasteiger partial charge in [0, 0.05) is 26.2 Å². The minimum absolute atomic E-state index is 0. The van der Waals surface area contributed by atoms with Crippen LogP contribution in [0.25, 0.3) is 0 Å². The van der Waals surface area contributed by atoms with Crippen LogP contribution in [0.1, 0.15) is 11.6 Å². The van der Waals surface area contributed by atoms with Gasteiger partial charge < -0.3 is 14.8 Å². The maximum absolute atomic E-state index is 13.4. The highest BCUT2D eigenvalue weighted by atomic mass is 35.5. The summed E-state index contributed by atoms with van der Waals surface area (Å²) in [6, 6.07) is 2.84. The number of alkyl halides is 3. The van der Waals surface area contributed by atoms with Gasteiger partial charge >= 0.3 is 6.18 Å². The summed E-state index contributed by atoms with van der Waals surface area (Å²) in [6.07, 6.45) is -4.31. The molecule has 3 rings (SSSR count). The number of ether oxygens (including phenoxy) is 2.